The molecule has 0 fully saturated rings. The Labute approximate surface area is 157 Å². The van der Waals surface area contributed by atoms with E-state index in [0.717, 1.165) is 6.07 Å². The zero-order valence-corrected chi connectivity index (χ0v) is 14.7. The summed E-state index contributed by atoms with van der Waals surface area (Å²) in [5.41, 5.74) is -0.0839. The number of nitrogens with one attached hydrogen (secondary N) is 1. The first-order chi connectivity index (χ1) is 12.8. The van der Waals surface area contributed by atoms with E-state index in [1.807, 2.05) is 0 Å². The minimum Gasteiger partial charge on any atom is -0.496 e. The van der Waals surface area contributed by atoms with Crippen LogP contribution in [-0.2, 0) is 12.7 Å². The first-order valence-corrected chi connectivity index (χ1v) is 8.02. The summed E-state index contributed by atoms with van der Waals surface area (Å²) in [6.45, 7) is 7.19. The number of fused-ring (bicyclic) bond motifs is 1. The van der Waals surface area contributed by atoms with Gasteiger partial charge >= 0.3 is 6.18 Å². The van der Waals surface area contributed by atoms with Crippen molar-refractivity contribution in [3.63, 3.8) is 0 Å². The second kappa shape index (κ2) is 7.29. The third kappa shape index (κ3) is 3.88. The Hall–Kier alpha value is -3.05. The lowest BCUT2D eigenvalue weighted by Crippen LogP contribution is -2.10. The van der Waals surface area contributed by atoms with Crippen LogP contribution in [0.15, 0.2) is 36.4 Å². The fourth-order valence-electron chi connectivity index (χ4n) is 2.58. The predicted octanol–water partition coefficient (Wildman–Crippen LogP) is 5.47. The topological polar surface area (TPSA) is 51.4 Å². The molecule has 3 aromatic rings. The summed E-state index contributed by atoms with van der Waals surface area (Å²) < 4.78 is 44.2. The van der Waals surface area contributed by atoms with Crippen molar-refractivity contribution in [1.29, 1.82) is 0 Å². The van der Waals surface area contributed by atoms with Crippen LogP contribution in [0.4, 0.5) is 24.7 Å². The number of aromatic nitrogens is 2. The zero-order valence-electron chi connectivity index (χ0n) is 13.9. The zero-order chi connectivity index (χ0) is 19.6. The lowest BCUT2D eigenvalue weighted by atomic mass is 10.1. The quantitative estimate of drug-likeness (QED) is 0.598. The highest BCUT2D eigenvalue weighted by Crippen LogP contribution is 2.37. The molecule has 2 aromatic carbocycles. The van der Waals surface area contributed by atoms with Crippen LogP contribution in [0.2, 0.25) is 5.15 Å². The summed E-state index contributed by atoms with van der Waals surface area (Å²) >= 11 is 6.03. The molecule has 0 saturated carbocycles. The Morgan fingerprint density at radius 1 is 1.15 bits per heavy atom. The maximum absolute atomic E-state index is 13.1. The van der Waals surface area contributed by atoms with Gasteiger partial charge in [0.2, 0.25) is 0 Å². The van der Waals surface area contributed by atoms with Crippen LogP contribution in [0.25, 0.3) is 15.6 Å². The number of hydrogen-bond donors (Lipinski definition) is 1. The number of benzene rings is 2. The second-order valence-electron chi connectivity index (χ2n) is 5.57. The molecule has 0 aliphatic rings. The van der Waals surface area contributed by atoms with Crippen molar-refractivity contribution in [2.45, 2.75) is 12.7 Å². The molecule has 1 N–H and O–H groups in total. The summed E-state index contributed by atoms with van der Waals surface area (Å²) in [6.07, 6.45) is -4.53. The molecule has 0 spiro atoms. The molecule has 0 saturated heterocycles. The molecule has 0 aliphatic carbocycles. The molecule has 0 radical (unpaired) electrons. The molecule has 0 bridgehead atoms. The van der Waals surface area contributed by atoms with Gasteiger partial charge in [-0.1, -0.05) is 29.8 Å². The van der Waals surface area contributed by atoms with Gasteiger partial charge in [0, 0.05) is 17.3 Å². The molecule has 1 aromatic heterocycles. The number of nitrogens with zero attached hydrogens (tertiary/aromatic N) is 3. The summed E-state index contributed by atoms with van der Waals surface area (Å²) in [5, 5.41) is 12.1. The van der Waals surface area contributed by atoms with Crippen LogP contribution < -0.4 is 10.1 Å². The third-order valence-corrected chi connectivity index (χ3v) is 4.16. The predicted molar refractivity (Wildman–Crippen MR) is 96.1 cm³/mol. The Balaban J connectivity index is 1.94. The Morgan fingerprint density at radius 3 is 2.59 bits per heavy atom. The van der Waals surface area contributed by atoms with Gasteiger partial charge in [0.15, 0.2) is 16.7 Å². The van der Waals surface area contributed by atoms with Crippen LogP contribution in [0.5, 0.6) is 5.75 Å². The van der Waals surface area contributed by atoms with E-state index in [9.17, 15) is 13.2 Å². The third-order valence-electron chi connectivity index (χ3n) is 3.88. The lowest BCUT2D eigenvalue weighted by Gasteiger charge is -2.14. The molecule has 9 heteroatoms. The smallest absolute Gasteiger partial charge is 0.419 e. The van der Waals surface area contributed by atoms with Crippen molar-refractivity contribution in [3.8, 4) is 5.75 Å². The largest absolute Gasteiger partial charge is 0.496 e. The average Bonchev–Trinajstić information content (AvgIpc) is 2.66. The summed E-state index contributed by atoms with van der Waals surface area (Å²) in [7, 11) is 1.19. The fourth-order valence-corrected chi connectivity index (χ4v) is 2.78. The number of alkyl halides is 3. The van der Waals surface area contributed by atoms with Gasteiger partial charge in [0.1, 0.15) is 5.75 Å². The van der Waals surface area contributed by atoms with Crippen LogP contribution >= 0.6 is 11.6 Å². The number of anilines is 1. The fraction of sp³-hybridized carbons (Fsp3) is 0.167. The van der Waals surface area contributed by atoms with Gasteiger partial charge < -0.3 is 10.1 Å². The number of hydrogen-bond acceptors (Lipinski definition) is 4. The van der Waals surface area contributed by atoms with E-state index < -0.39 is 11.7 Å². The van der Waals surface area contributed by atoms with Gasteiger partial charge in [-0.3, -0.25) is 0 Å². The molecular formula is C18H12ClF3N4O. The Bertz CT molecular complexity index is 1050. The average molecular weight is 393 g/mol. The highest BCUT2D eigenvalue weighted by Gasteiger charge is 2.34. The van der Waals surface area contributed by atoms with Crippen molar-refractivity contribution in [2.24, 2.45) is 0 Å². The highest BCUT2D eigenvalue weighted by molar-refractivity contribution is 6.34. The Kier molecular flexibility index (Phi) is 5.06. The minimum absolute atomic E-state index is 0.0702. The summed E-state index contributed by atoms with van der Waals surface area (Å²) in [6, 6.07) is 8.66. The molecule has 0 atom stereocenters. The van der Waals surface area contributed by atoms with Gasteiger partial charge in [-0.15, -0.1) is 10.2 Å². The van der Waals surface area contributed by atoms with Gasteiger partial charge in [-0.2, -0.15) is 13.2 Å². The minimum atomic E-state index is -4.53. The standard InChI is InChI=1S/C18H12ClF3N4O/c1-23-11-4-5-12-13(8-11)17(26-25-16(12)19)24-9-10-3-6-15(27-2)14(7-10)18(20,21)22/h3-8H,9H2,2H3,(H,24,26). The molecule has 27 heavy (non-hydrogen) atoms. The van der Waals surface area contributed by atoms with Gasteiger partial charge in [-0.25, -0.2) is 4.85 Å². The normalized spacial score (nSPS) is 11.3. The van der Waals surface area contributed by atoms with Crippen molar-refractivity contribution in [1.82, 2.24) is 10.2 Å². The van der Waals surface area contributed by atoms with E-state index in [0.29, 0.717) is 27.8 Å². The number of methoxy groups -OCH3 is 1. The lowest BCUT2D eigenvalue weighted by molar-refractivity contribution is -0.138. The van der Waals surface area contributed by atoms with Crippen molar-refractivity contribution < 1.29 is 17.9 Å². The van der Waals surface area contributed by atoms with Crippen LogP contribution in [0.1, 0.15) is 11.1 Å². The van der Waals surface area contributed by atoms with Crippen molar-refractivity contribution in [3.05, 3.63) is 64.1 Å². The maximum Gasteiger partial charge on any atom is 0.419 e. The van der Waals surface area contributed by atoms with Gasteiger partial charge in [0.25, 0.3) is 0 Å². The first kappa shape index (κ1) is 18.7. The van der Waals surface area contributed by atoms with Gasteiger partial charge in [0.05, 0.1) is 19.2 Å². The second-order valence-corrected chi connectivity index (χ2v) is 5.93. The van der Waals surface area contributed by atoms with E-state index in [2.05, 4.69) is 20.4 Å². The molecule has 138 valence electrons. The van der Waals surface area contributed by atoms with Crippen molar-refractivity contribution in [2.75, 3.05) is 12.4 Å². The SMILES string of the molecule is [C-]#[N+]c1ccc2c(Cl)nnc(NCc3ccc(OC)c(C(F)(F)F)c3)c2c1. The molecule has 5 nitrogen and oxygen atoms in total. The molecule has 1 heterocycles. The molecule has 0 aliphatic heterocycles. The molecule has 0 amide bonds. The van der Waals surface area contributed by atoms with E-state index in [-0.39, 0.29) is 17.4 Å². The van der Waals surface area contributed by atoms with E-state index in [4.69, 9.17) is 22.9 Å². The Morgan fingerprint density at radius 2 is 1.93 bits per heavy atom. The number of ether oxygens (including phenoxy) is 1. The number of rotatable bonds is 4. The molecular weight excluding hydrogens is 381 g/mol. The van der Waals surface area contributed by atoms with Crippen LogP contribution in [-0.4, -0.2) is 17.3 Å². The number of halogens is 4. The van der Waals surface area contributed by atoms with Crippen molar-refractivity contribution >= 4 is 33.9 Å². The van der Waals surface area contributed by atoms with Crippen LogP contribution in [0, 0.1) is 6.57 Å². The van der Waals surface area contributed by atoms with E-state index in [1.165, 1.54) is 19.2 Å². The highest BCUT2D eigenvalue weighted by atomic mass is 35.5. The molecule has 0 unspecified atom stereocenters. The summed E-state index contributed by atoms with van der Waals surface area (Å²) in [4.78, 5) is 3.36. The van der Waals surface area contributed by atoms with Crippen LogP contribution in [0.3, 0.4) is 0 Å². The monoisotopic (exact) mass is 392 g/mol. The van der Waals surface area contributed by atoms with E-state index >= 15 is 0 Å². The first-order valence-electron chi connectivity index (χ1n) is 7.65. The van der Waals surface area contributed by atoms with Gasteiger partial charge in [-0.05, 0) is 23.8 Å². The summed E-state index contributed by atoms with van der Waals surface area (Å²) in [5.74, 6) is 0.0777. The van der Waals surface area contributed by atoms with E-state index in [1.54, 1.807) is 18.2 Å². The molecule has 3 rings (SSSR count). The maximum atomic E-state index is 13.1.